The van der Waals surface area contributed by atoms with Crippen LogP contribution in [0.25, 0.3) is 0 Å². The summed E-state index contributed by atoms with van der Waals surface area (Å²) in [5, 5.41) is 17.0. The maximum Gasteiger partial charge on any atom is 0.191 e. The maximum absolute atomic E-state index is 10.6. The number of rotatable bonds is 7. The van der Waals surface area contributed by atoms with Crippen molar-refractivity contribution in [3.05, 3.63) is 53.0 Å². The summed E-state index contributed by atoms with van der Waals surface area (Å²) in [4.78, 5) is 4.59. The molecule has 1 heterocycles. The van der Waals surface area contributed by atoms with Crippen molar-refractivity contribution in [2.24, 2.45) is 4.99 Å². The topological polar surface area (TPSA) is 79.0 Å². The van der Waals surface area contributed by atoms with E-state index in [-0.39, 0.29) is 30.5 Å². The molecule has 0 aliphatic rings. The highest BCUT2D eigenvalue weighted by Crippen LogP contribution is 2.22. The summed E-state index contributed by atoms with van der Waals surface area (Å²) in [6.45, 7) is 9.10. The molecule has 1 atom stereocenters. The number of benzene rings is 1. The Hall–Kier alpha value is -1.74. The van der Waals surface area contributed by atoms with E-state index in [0.29, 0.717) is 18.3 Å². The molecule has 1 aromatic carbocycles. The lowest BCUT2D eigenvalue weighted by molar-refractivity contribution is 0.0378. The molecule has 0 amide bonds. The van der Waals surface area contributed by atoms with Gasteiger partial charge in [-0.15, -0.1) is 24.0 Å². The Morgan fingerprint density at radius 1 is 1.22 bits per heavy atom. The molecule has 0 fully saturated rings. The van der Waals surface area contributed by atoms with Gasteiger partial charge in [0.15, 0.2) is 5.96 Å². The Bertz CT molecular complexity index is 757. The summed E-state index contributed by atoms with van der Waals surface area (Å²) in [6.07, 6.45) is 0. The Morgan fingerprint density at radius 3 is 2.56 bits per heavy atom. The lowest BCUT2D eigenvalue weighted by atomic mass is 10.0. The lowest BCUT2D eigenvalue weighted by Gasteiger charge is -2.22. The van der Waals surface area contributed by atoms with Gasteiger partial charge in [-0.2, -0.15) is 0 Å². The SMILES string of the molecule is CCNC(=NCc1ccc(C)c(OC)c1)NCC(C)(O)c1ccc(C)o1.I. The highest BCUT2D eigenvalue weighted by Gasteiger charge is 2.27. The summed E-state index contributed by atoms with van der Waals surface area (Å²) >= 11 is 0. The molecule has 0 bridgehead atoms. The average Bonchev–Trinajstić information content (AvgIpc) is 3.06. The third-order valence-corrected chi connectivity index (χ3v) is 4.11. The van der Waals surface area contributed by atoms with Gasteiger partial charge < -0.3 is 24.9 Å². The number of hydrogen-bond acceptors (Lipinski definition) is 4. The first-order chi connectivity index (χ1) is 12.4. The van der Waals surface area contributed by atoms with Crippen LogP contribution in [0, 0.1) is 13.8 Å². The standard InChI is InChI=1S/C20H29N3O3.HI/c1-6-21-19(22-12-16-9-7-14(2)17(11-16)25-5)23-13-20(4,24)18-10-8-15(3)26-18;/h7-11,24H,6,12-13H2,1-5H3,(H2,21,22,23);1H. The number of hydrogen-bond donors (Lipinski definition) is 3. The summed E-state index contributed by atoms with van der Waals surface area (Å²) in [5.74, 6) is 2.79. The van der Waals surface area contributed by atoms with Gasteiger partial charge in [0, 0.05) is 6.54 Å². The Labute approximate surface area is 178 Å². The van der Waals surface area contributed by atoms with Gasteiger partial charge in [-0.25, -0.2) is 4.99 Å². The van der Waals surface area contributed by atoms with Gasteiger partial charge in [0.25, 0.3) is 0 Å². The smallest absolute Gasteiger partial charge is 0.191 e. The molecule has 0 radical (unpaired) electrons. The number of halogens is 1. The van der Waals surface area contributed by atoms with Gasteiger partial charge in [-0.05, 0) is 57.0 Å². The van der Waals surface area contributed by atoms with E-state index in [0.717, 1.165) is 29.2 Å². The predicted molar refractivity (Wildman–Crippen MR) is 119 cm³/mol. The normalized spacial score (nSPS) is 13.5. The fourth-order valence-electron chi connectivity index (χ4n) is 2.54. The zero-order valence-corrected chi connectivity index (χ0v) is 19.0. The van der Waals surface area contributed by atoms with Crippen LogP contribution in [0.1, 0.15) is 36.5 Å². The van der Waals surface area contributed by atoms with Crippen LogP contribution in [0.5, 0.6) is 5.75 Å². The summed E-state index contributed by atoms with van der Waals surface area (Å²) < 4.78 is 10.9. The Morgan fingerprint density at radius 2 is 1.96 bits per heavy atom. The molecule has 0 spiro atoms. The molecule has 7 heteroatoms. The van der Waals surface area contributed by atoms with E-state index in [1.165, 1.54) is 0 Å². The average molecular weight is 487 g/mol. The Balaban J connectivity index is 0.00000364. The van der Waals surface area contributed by atoms with E-state index in [1.807, 2.05) is 45.0 Å². The minimum Gasteiger partial charge on any atom is -0.496 e. The van der Waals surface area contributed by atoms with Gasteiger partial charge in [0.2, 0.25) is 0 Å². The fourth-order valence-corrected chi connectivity index (χ4v) is 2.54. The fraction of sp³-hybridized carbons (Fsp3) is 0.450. The number of guanidine groups is 1. The van der Waals surface area contributed by atoms with E-state index < -0.39 is 5.60 Å². The number of aliphatic hydroxyl groups is 1. The number of aryl methyl sites for hydroxylation is 2. The van der Waals surface area contributed by atoms with Gasteiger partial charge in [0.05, 0.1) is 20.2 Å². The second-order valence-corrected chi connectivity index (χ2v) is 6.54. The van der Waals surface area contributed by atoms with Crippen molar-refractivity contribution in [3.63, 3.8) is 0 Å². The second-order valence-electron chi connectivity index (χ2n) is 6.54. The van der Waals surface area contributed by atoms with E-state index in [1.54, 1.807) is 20.1 Å². The van der Waals surface area contributed by atoms with E-state index in [4.69, 9.17) is 9.15 Å². The van der Waals surface area contributed by atoms with Crippen LogP contribution in [0.2, 0.25) is 0 Å². The molecule has 150 valence electrons. The summed E-state index contributed by atoms with van der Waals surface area (Å²) in [5.41, 5.74) is 1.02. The molecule has 6 nitrogen and oxygen atoms in total. The van der Waals surface area contributed by atoms with Crippen molar-refractivity contribution in [1.29, 1.82) is 0 Å². The number of ether oxygens (including phenoxy) is 1. The highest BCUT2D eigenvalue weighted by molar-refractivity contribution is 14.0. The zero-order chi connectivity index (χ0) is 19.2. The monoisotopic (exact) mass is 487 g/mol. The van der Waals surface area contributed by atoms with Crippen LogP contribution in [0.15, 0.2) is 39.7 Å². The maximum atomic E-state index is 10.6. The minimum atomic E-state index is -1.13. The van der Waals surface area contributed by atoms with Crippen LogP contribution < -0.4 is 15.4 Å². The van der Waals surface area contributed by atoms with Crippen molar-refractivity contribution >= 4 is 29.9 Å². The number of nitrogens with one attached hydrogen (secondary N) is 2. The third-order valence-electron chi connectivity index (χ3n) is 4.11. The molecule has 0 saturated heterocycles. The highest BCUT2D eigenvalue weighted by atomic mass is 127. The van der Waals surface area contributed by atoms with Gasteiger partial charge in [-0.3, -0.25) is 0 Å². The first kappa shape index (κ1) is 23.3. The predicted octanol–water partition coefficient (Wildman–Crippen LogP) is 3.49. The van der Waals surface area contributed by atoms with Crippen LogP contribution in [-0.4, -0.2) is 31.3 Å². The van der Waals surface area contributed by atoms with Crippen molar-refractivity contribution < 1.29 is 14.3 Å². The van der Waals surface area contributed by atoms with Crippen molar-refractivity contribution in [2.45, 2.75) is 39.8 Å². The Kier molecular flexibility index (Phi) is 9.11. The van der Waals surface area contributed by atoms with E-state index in [9.17, 15) is 5.11 Å². The molecule has 0 saturated carbocycles. The number of nitrogens with zero attached hydrogens (tertiary/aromatic N) is 1. The first-order valence-corrected chi connectivity index (χ1v) is 8.80. The third kappa shape index (κ3) is 6.73. The molecule has 27 heavy (non-hydrogen) atoms. The van der Waals surface area contributed by atoms with Gasteiger partial charge >= 0.3 is 0 Å². The number of methoxy groups -OCH3 is 1. The summed E-state index contributed by atoms with van der Waals surface area (Å²) in [6, 6.07) is 9.68. The van der Waals surface area contributed by atoms with Crippen LogP contribution >= 0.6 is 24.0 Å². The quantitative estimate of drug-likeness (QED) is 0.317. The van der Waals surface area contributed by atoms with Crippen LogP contribution in [-0.2, 0) is 12.1 Å². The molecule has 3 N–H and O–H groups in total. The molecule has 2 aromatic rings. The second kappa shape index (κ2) is 10.6. The molecule has 2 rings (SSSR count). The minimum absolute atomic E-state index is 0. The van der Waals surface area contributed by atoms with Crippen LogP contribution in [0.4, 0.5) is 0 Å². The van der Waals surface area contributed by atoms with Crippen molar-refractivity contribution in [2.75, 3.05) is 20.2 Å². The number of aliphatic imine (C=N–C) groups is 1. The van der Waals surface area contributed by atoms with Crippen molar-refractivity contribution in [1.82, 2.24) is 10.6 Å². The molecule has 1 unspecified atom stereocenters. The number of furan rings is 1. The van der Waals surface area contributed by atoms with E-state index in [2.05, 4.69) is 15.6 Å². The zero-order valence-electron chi connectivity index (χ0n) is 16.6. The van der Waals surface area contributed by atoms with Gasteiger partial charge in [-0.1, -0.05) is 12.1 Å². The van der Waals surface area contributed by atoms with Crippen molar-refractivity contribution in [3.8, 4) is 5.75 Å². The molecular weight excluding hydrogens is 457 g/mol. The molecule has 1 aromatic heterocycles. The molecular formula is C20H30IN3O3. The first-order valence-electron chi connectivity index (χ1n) is 8.80. The summed E-state index contributed by atoms with van der Waals surface area (Å²) in [7, 11) is 1.67. The molecule has 0 aliphatic heterocycles. The van der Waals surface area contributed by atoms with Crippen LogP contribution in [0.3, 0.4) is 0 Å². The molecule has 0 aliphatic carbocycles. The van der Waals surface area contributed by atoms with E-state index >= 15 is 0 Å². The lowest BCUT2D eigenvalue weighted by Crippen LogP contribution is -2.44. The largest absolute Gasteiger partial charge is 0.496 e. The van der Waals surface area contributed by atoms with Gasteiger partial charge in [0.1, 0.15) is 22.9 Å².